The topological polar surface area (TPSA) is 88.9 Å². The van der Waals surface area contributed by atoms with Crippen molar-refractivity contribution in [1.29, 1.82) is 0 Å². The SMILES string of the molecule is CCn1c(CC(=O)Nc2ccc(Cl)cc2)nnc1SCC(=O)N[C@H]1CCCC[C@@H]1C. The molecule has 1 heterocycles. The summed E-state index contributed by atoms with van der Waals surface area (Å²) in [7, 11) is 0. The van der Waals surface area contributed by atoms with E-state index in [1.165, 1.54) is 31.0 Å². The standard InChI is InChI=1S/C21H28ClN5O2S/c1-3-27-18(12-19(28)23-16-10-8-15(22)9-11-16)25-26-21(27)30-13-20(29)24-17-7-5-4-6-14(17)2/h8-11,14,17H,3-7,12-13H2,1-2H3,(H,23,28)(H,24,29)/t14-,17-/m0/s1. The van der Waals surface area contributed by atoms with Crippen molar-refractivity contribution in [2.75, 3.05) is 11.1 Å². The van der Waals surface area contributed by atoms with Crippen LogP contribution in [0, 0.1) is 5.92 Å². The maximum Gasteiger partial charge on any atom is 0.232 e. The first-order valence-corrected chi connectivity index (χ1v) is 11.7. The number of nitrogens with zero attached hydrogens (tertiary/aromatic N) is 3. The Morgan fingerprint density at radius 2 is 1.90 bits per heavy atom. The molecular weight excluding hydrogens is 422 g/mol. The van der Waals surface area contributed by atoms with Crippen LogP contribution in [-0.4, -0.2) is 38.4 Å². The summed E-state index contributed by atoms with van der Waals surface area (Å²) in [5.41, 5.74) is 0.676. The number of carbonyl (C=O) groups excluding carboxylic acids is 2. The van der Waals surface area contributed by atoms with Crippen molar-refractivity contribution in [1.82, 2.24) is 20.1 Å². The van der Waals surface area contributed by atoms with Crippen LogP contribution in [0.1, 0.15) is 45.4 Å². The molecule has 9 heteroatoms. The van der Waals surface area contributed by atoms with Gasteiger partial charge in [-0.15, -0.1) is 10.2 Å². The Morgan fingerprint density at radius 3 is 2.60 bits per heavy atom. The second-order valence-electron chi connectivity index (χ2n) is 7.60. The molecule has 1 aliphatic rings. The lowest BCUT2D eigenvalue weighted by atomic mass is 9.86. The lowest BCUT2D eigenvalue weighted by Gasteiger charge is -2.29. The molecule has 0 unspecified atom stereocenters. The van der Waals surface area contributed by atoms with Gasteiger partial charge in [0, 0.05) is 23.3 Å². The number of aromatic nitrogens is 3. The molecule has 2 aromatic rings. The fraction of sp³-hybridized carbons (Fsp3) is 0.524. The number of carbonyl (C=O) groups is 2. The highest BCUT2D eigenvalue weighted by Gasteiger charge is 2.23. The molecule has 0 radical (unpaired) electrons. The molecule has 1 saturated carbocycles. The summed E-state index contributed by atoms with van der Waals surface area (Å²) in [4.78, 5) is 24.7. The first-order valence-electron chi connectivity index (χ1n) is 10.4. The Kier molecular flexibility index (Phi) is 8.16. The predicted molar refractivity (Wildman–Crippen MR) is 120 cm³/mol. The summed E-state index contributed by atoms with van der Waals surface area (Å²) in [5, 5.41) is 15.6. The summed E-state index contributed by atoms with van der Waals surface area (Å²) in [6.07, 6.45) is 4.75. The van der Waals surface area contributed by atoms with Crippen LogP contribution < -0.4 is 10.6 Å². The monoisotopic (exact) mass is 449 g/mol. The molecule has 162 valence electrons. The lowest BCUT2D eigenvalue weighted by molar-refractivity contribution is -0.120. The quantitative estimate of drug-likeness (QED) is 0.596. The first kappa shape index (κ1) is 22.6. The molecule has 2 atom stereocenters. The average molecular weight is 450 g/mol. The van der Waals surface area contributed by atoms with Crippen molar-refractivity contribution in [3.8, 4) is 0 Å². The van der Waals surface area contributed by atoms with E-state index in [4.69, 9.17) is 11.6 Å². The van der Waals surface area contributed by atoms with Crippen LogP contribution >= 0.6 is 23.4 Å². The van der Waals surface area contributed by atoms with E-state index in [0.717, 1.165) is 6.42 Å². The van der Waals surface area contributed by atoms with Crippen molar-refractivity contribution in [3.63, 3.8) is 0 Å². The molecule has 0 spiro atoms. The number of rotatable bonds is 8. The van der Waals surface area contributed by atoms with Crippen LogP contribution in [0.2, 0.25) is 5.02 Å². The molecule has 3 rings (SSSR count). The summed E-state index contributed by atoms with van der Waals surface area (Å²) in [5.74, 6) is 1.23. The van der Waals surface area contributed by atoms with E-state index in [1.54, 1.807) is 24.3 Å². The minimum Gasteiger partial charge on any atom is -0.352 e. The minimum atomic E-state index is -0.181. The minimum absolute atomic E-state index is 0.0198. The van der Waals surface area contributed by atoms with Gasteiger partial charge in [0.15, 0.2) is 5.16 Å². The number of hydrogen-bond donors (Lipinski definition) is 2. The van der Waals surface area contributed by atoms with Gasteiger partial charge in [-0.2, -0.15) is 0 Å². The summed E-state index contributed by atoms with van der Waals surface area (Å²) in [6, 6.07) is 7.21. The summed E-state index contributed by atoms with van der Waals surface area (Å²) >= 11 is 7.22. The third-order valence-electron chi connectivity index (χ3n) is 5.35. The zero-order valence-corrected chi connectivity index (χ0v) is 18.9. The highest BCUT2D eigenvalue weighted by atomic mass is 35.5. The first-order chi connectivity index (χ1) is 14.5. The number of halogens is 1. The van der Waals surface area contributed by atoms with Gasteiger partial charge in [-0.25, -0.2) is 0 Å². The molecule has 0 bridgehead atoms. The Labute approximate surface area is 186 Å². The zero-order valence-electron chi connectivity index (χ0n) is 17.4. The van der Waals surface area contributed by atoms with Gasteiger partial charge in [0.25, 0.3) is 0 Å². The molecule has 7 nitrogen and oxygen atoms in total. The van der Waals surface area contributed by atoms with Crippen LogP contribution in [0.5, 0.6) is 0 Å². The second-order valence-corrected chi connectivity index (χ2v) is 8.98. The van der Waals surface area contributed by atoms with Gasteiger partial charge in [-0.1, -0.05) is 43.1 Å². The van der Waals surface area contributed by atoms with Gasteiger partial charge in [0.2, 0.25) is 11.8 Å². The van der Waals surface area contributed by atoms with Crippen LogP contribution in [-0.2, 0) is 22.6 Å². The predicted octanol–water partition coefficient (Wildman–Crippen LogP) is 3.92. The molecule has 1 aromatic carbocycles. The molecule has 2 amide bonds. The van der Waals surface area contributed by atoms with Gasteiger partial charge in [-0.05, 0) is 49.9 Å². The van der Waals surface area contributed by atoms with Gasteiger partial charge >= 0.3 is 0 Å². The van der Waals surface area contributed by atoms with E-state index >= 15 is 0 Å². The number of anilines is 1. The Hall–Kier alpha value is -2.06. The number of hydrogen-bond acceptors (Lipinski definition) is 5. The highest BCUT2D eigenvalue weighted by molar-refractivity contribution is 7.99. The molecule has 0 saturated heterocycles. The van der Waals surface area contributed by atoms with Crippen LogP contribution in [0.25, 0.3) is 0 Å². The molecule has 1 aromatic heterocycles. The van der Waals surface area contributed by atoms with Gasteiger partial charge in [0.05, 0.1) is 12.2 Å². The third-order valence-corrected chi connectivity index (χ3v) is 6.57. The van der Waals surface area contributed by atoms with Crippen LogP contribution in [0.4, 0.5) is 5.69 Å². The molecular formula is C21H28ClN5O2S. The number of amides is 2. The molecule has 2 N–H and O–H groups in total. The molecule has 1 aliphatic carbocycles. The lowest BCUT2D eigenvalue weighted by Crippen LogP contribution is -2.41. The van der Waals surface area contributed by atoms with E-state index in [-0.39, 0.29) is 24.3 Å². The zero-order chi connectivity index (χ0) is 21.5. The Bertz CT molecular complexity index is 871. The summed E-state index contributed by atoms with van der Waals surface area (Å²) in [6.45, 7) is 4.80. The summed E-state index contributed by atoms with van der Waals surface area (Å²) < 4.78 is 1.88. The van der Waals surface area contributed by atoms with E-state index in [2.05, 4.69) is 27.8 Å². The van der Waals surface area contributed by atoms with E-state index in [9.17, 15) is 9.59 Å². The van der Waals surface area contributed by atoms with Crippen molar-refractivity contribution >= 4 is 40.9 Å². The van der Waals surface area contributed by atoms with Crippen molar-refractivity contribution in [2.45, 2.75) is 63.7 Å². The van der Waals surface area contributed by atoms with E-state index in [0.29, 0.717) is 39.9 Å². The fourth-order valence-electron chi connectivity index (χ4n) is 3.67. The largest absolute Gasteiger partial charge is 0.352 e. The number of nitrogens with one attached hydrogen (secondary N) is 2. The molecule has 30 heavy (non-hydrogen) atoms. The highest BCUT2D eigenvalue weighted by Crippen LogP contribution is 2.24. The smallest absolute Gasteiger partial charge is 0.232 e. The maximum absolute atomic E-state index is 12.4. The fourth-order valence-corrected chi connectivity index (χ4v) is 4.62. The van der Waals surface area contributed by atoms with E-state index in [1.807, 2.05) is 11.5 Å². The van der Waals surface area contributed by atoms with Crippen LogP contribution in [0.15, 0.2) is 29.4 Å². The van der Waals surface area contributed by atoms with Gasteiger partial charge in [0.1, 0.15) is 5.82 Å². The number of thioether (sulfide) groups is 1. The maximum atomic E-state index is 12.4. The Balaban J connectivity index is 1.53. The average Bonchev–Trinajstić information content (AvgIpc) is 3.11. The normalized spacial score (nSPS) is 18.8. The molecule has 0 aliphatic heterocycles. The van der Waals surface area contributed by atoms with Crippen LogP contribution in [0.3, 0.4) is 0 Å². The third kappa shape index (κ3) is 6.22. The van der Waals surface area contributed by atoms with Gasteiger partial charge in [-0.3, -0.25) is 9.59 Å². The Morgan fingerprint density at radius 1 is 1.17 bits per heavy atom. The van der Waals surface area contributed by atoms with Crippen molar-refractivity contribution in [2.24, 2.45) is 5.92 Å². The number of benzene rings is 1. The van der Waals surface area contributed by atoms with E-state index < -0.39 is 0 Å². The van der Waals surface area contributed by atoms with Crippen molar-refractivity contribution < 1.29 is 9.59 Å². The van der Waals surface area contributed by atoms with Crippen molar-refractivity contribution in [3.05, 3.63) is 35.1 Å². The molecule has 1 fully saturated rings. The van der Waals surface area contributed by atoms with Gasteiger partial charge < -0.3 is 15.2 Å². The second kappa shape index (κ2) is 10.8.